The highest BCUT2D eigenvalue weighted by Crippen LogP contribution is 2.43. The molecule has 2 aliphatic rings. The first-order chi connectivity index (χ1) is 15.3. The first kappa shape index (κ1) is 25.2. The average Bonchev–Trinajstić information content (AvgIpc) is 2.75. The SMILES string of the molecule is CCCC=CCC1CCC(C2CCC(CCc3cc(F)c(C(F)(F)F)c(F)c3)CC2)CC1. The molecule has 0 heterocycles. The van der Waals surface area contributed by atoms with E-state index < -0.39 is 23.4 Å². The van der Waals surface area contributed by atoms with Crippen LogP contribution in [0.4, 0.5) is 22.0 Å². The maximum Gasteiger partial charge on any atom is 0.422 e. The molecule has 5 heteroatoms. The third-order valence-corrected chi connectivity index (χ3v) is 7.77. The second kappa shape index (κ2) is 11.7. The number of halogens is 5. The molecule has 2 fully saturated rings. The fraction of sp³-hybridized carbons (Fsp3) is 0.704. The topological polar surface area (TPSA) is 0 Å². The van der Waals surface area contributed by atoms with Crippen LogP contribution in [0.2, 0.25) is 0 Å². The summed E-state index contributed by atoms with van der Waals surface area (Å²) in [5.41, 5.74) is -1.46. The van der Waals surface area contributed by atoms with E-state index in [4.69, 9.17) is 0 Å². The summed E-state index contributed by atoms with van der Waals surface area (Å²) in [5, 5.41) is 0. The van der Waals surface area contributed by atoms with Gasteiger partial charge in [0.1, 0.15) is 17.2 Å². The smallest absolute Gasteiger partial charge is 0.206 e. The zero-order chi connectivity index (χ0) is 23.1. The molecule has 0 saturated heterocycles. The summed E-state index contributed by atoms with van der Waals surface area (Å²) in [5.74, 6) is -0.0334. The number of benzene rings is 1. The second-order valence-electron chi connectivity index (χ2n) is 10.0. The molecule has 0 spiro atoms. The number of rotatable bonds is 8. The first-order valence-corrected chi connectivity index (χ1v) is 12.5. The molecule has 2 saturated carbocycles. The summed E-state index contributed by atoms with van der Waals surface area (Å²) in [7, 11) is 0. The summed E-state index contributed by atoms with van der Waals surface area (Å²) >= 11 is 0. The number of hydrogen-bond donors (Lipinski definition) is 0. The zero-order valence-corrected chi connectivity index (χ0v) is 19.2. The van der Waals surface area contributed by atoms with Crippen LogP contribution < -0.4 is 0 Å². The fourth-order valence-electron chi connectivity index (χ4n) is 5.83. The fourth-order valence-corrected chi connectivity index (χ4v) is 5.83. The van der Waals surface area contributed by atoms with Crippen LogP contribution in [-0.4, -0.2) is 0 Å². The average molecular weight is 457 g/mol. The third kappa shape index (κ3) is 7.05. The first-order valence-electron chi connectivity index (χ1n) is 12.5. The van der Waals surface area contributed by atoms with Crippen molar-refractivity contribution in [3.63, 3.8) is 0 Å². The predicted octanol–water partition coefficient (Wildman–Crippen LogP) is 9.28. The number of unbranched alkanes of at least 4 members (excludes halogenated alkanes) is 1. The molecule has 0 amide bonds. The van der Waals surface area contributed by atoms with Gasteiger partial charge in [0.2, 0.25) is 0 Å². The lowest BCUT2D eigenvalue weighted by atomic mass is 9.68. The van der Waals surface area contributed by atoms with Gasteiger partial charge in [0, 0.05) is 0 Å². The van der Waals surface area contributed by atoms with Gasteiger partial charge < -0.3 is 0 Å². The monoisotopic (exact) mass is 456 g/mol. The minimum atomic E-state index is -5.00. The molecule has 2 aliphatic carbocycles. The van der Waals surface area contributed by atoms with Crippen molar-refractivity contribution < 1.29 is 22.0 Å². The van der Waals surface area contributed by atoms with Gasteiger partial charge in [-0.25, -0.2) is 8.78 Å². The minimum Gasteiger partial charge on any atom is -0.206 e. The van der Waals surface area contributed by atoms with Crippen LogP contribution in [-0.2, 0) is 12.6 Å². The second-order valence-corrected chi connectivity index (χ2v) is 10.0. The van der Waals surface area contributed by atoms with Crippen LogP contribution in [0.5, 0.6) is 0 Å². The molecule has 1 aromatic carbocycles. The van der Waals surface area contributed by atoms with Crippen molar-refractivity contribution in [1.29, 1.82) is 0 Å². The Hall–Kier alpha value is -1.39. The maximum atomic E-state index is 13.8. The van der Waals surface area contributed by atoms with Crippen molar-refractivity contribution in [2.45, 2.75) is 96.6 Å². The van der Waals surface area contributed by atoms with Gasteiger partial charge in [0.25, 0.3) is 0 Å². The Morgan fingerprint density at radius 1 is 0.812 bits per heavy atom. The lowest BCUT2D eigenvalue weighted by Crippen LogP contribution is -2.26. The molecule has 0 aliphatic heterocycles. The van der Waals surface area contributed by atoms with Crippen molar-refractivity contribution in [3.8, 4) is 0 Å². The number of aryl methyl sites for hydroxylation is 1. The quantitative estimate of drug-likeness (QED) is 0.270. The molecule has 0 aromatic heterocycles. The predicted molar refractivity (Wildman–Crippen MR) is 119 cm³/mol. The van der Waals surface area contributed by atoms with E-state index in [9.17, 15) is 22.0 Å². The Kier molecular flexibility index (Phi) is 9.19. The standard InChI is InChI=1S/C27H37F5/c1-2-3-4-5-6-19-9-13-22(14-10-19)23-15-11-20(12-16-23)7-8-21-17-24(28)26(25(29)18-21)27(30,31)32/h4-5,17-20,22-23H,2-3,6-16H2,1H3. The maximum absolute atomic E-state index is 13.8. The normalized spacial score (nSPS) is 27.2. The van der Waals surface area contributed by atoms with Gasteiger partial charge in [-0.3, -0.25) is 0 Å². The van der Waals surface area contributed by atoms with Gasteiger partial charge in [0.05, 0.1) is 0 Å². The van der Waals surface area contributed by atoms with E-state index in [0.29, 0.717) is 17.9 Å². The molecule has 0 bridgehead atoms. The molecular weight excluding hydrogens is 419 g/mol. The van der Waals surface area contributed by atoms with E-state index >= 15 is 0 Å². The number of hydrogen-bond acceptors (Lipinski definition) is 0. The van der Waals surface area contributed by atoms with Gasteiger partial charge in [0.15, 0.2) is 0 Å². The molecule has 0 nitrogen and oxygen atoms in total. The zero-order valence-electron chi connectivity index (χ0n) is 19.2. The van der Waals surface area contributed by atoms with Crippen LogP contribution in [0, 0.1) is 35.3 Å². The van der Waals surface area contributed by atoms with Gasteiger partial charge in [-0.2, -0.15) is 13.2 Å². The Labute approximate surface area is 189 Å². The summed E-state index contributed by atoms with van der Waals surface area (Å²) in [6.07, 6.45) is 14.5. The van der Waals surface area contributed by atoms with Crippen molar-refractivity contribution in [1.82, 2.24) is 0 Å². The molecule has 0 unspecified atom stereocenters. The molecule has 0 radical (unpaired) electrons. The molecule has 32 heavy (non-hydrogen) atoms. The van der Waals surface area contributed by atoms with E-state index in [2.05, 4.69) is 19.1 Å². The van der Waals surface area contributed by atoms with Crippen LogP contribution in [0.15, 0.2) is 24.3 Å². The van der Waals surface area contributed by atoms with Crippen LogP contribution in [0.3, 0.4) is 0 Å². The lowest BCUT2D eigenvalue weighted by Gasteiger charge is -2.38. The molecule has 1 aromatic rings. The van der Waals surface area contributed by atoms with Crippen molar-refractivity contribution >= 4 is 0 Å². The Balaban J connectivity index is 1.40. The highest BCUT2D eigenvalue weighted by molar-refractivity contribution is 5.28. The molecule has 0 atom stereocenters. The largest absolute Gasteiger partial charge is 0.422 e. The van der Waals surface area contributed by atoms with Crippen LogP contribution in [0.1, 0.15) is 95.1 Å². The van der Waals surface area contributed by atoms with Gasteiger partial charge >= 0.3 is 6.18 Å². The molecular formula is C27H37F5. The highest BCUT2D eigenvalue weighted by atomic mass is 19.4. The van der Waals surface area contributed by atoms with Gasteiger partial charge in [-0.05, 0) is 106 Å². The third-order valence-electron chi connectivity index (χ3n) is 7.77. The van der Waals surface area contributed by atoms with Gasteiger partial charge in [-0.15, -0.1) is 0 Å². The van der Waals surface area contributed by atoms with E-state index in [-0.39, 0.29) is 0 Å². The van der Waals surface area contributed by atoms with Crippen molar-refractivity contribution in [2.24, 2.45) is 23.7 Å². The minimum absolute atomic E-state index is 0.321. The Bertz CT molecular complexity index is 712. The Morgan fingerprint density at radius 2 is 1.34 bits per heavy atom. The molecule has 3 rings (SSSR count). The highest BCUT2D eigenvalue weighted by Gasteiger charge is 2.38. The van der Waals surface area contributed by atoms with Crippen molar-refractivity contribution in [2.75, 3.05) is 0 Å². The van der Waals surface area contributed by atoms with Crippen molar-refractivity contribution in [3.05, 3.63) is 47.0 Å². The molecule has 0 N–H and O–H groups in total. The van der Waals surface area contributed by atoms with E-state index in [1.165, 1.54) is 57.8 Å². The number of allylic oxidation sites excluding steroid dienone is 2. The van der Waals surface area contributed by atoms with E-state index in [1.54, 1.807) is 0 Å². The summed E-state index contributed by atoms with van der Waals surface area (Å²) in [6, 6.07) is 1.71. The van der Waals surface area contributed by atoms with Crippen LogP contribution in [0.25, 0.3) is 0 Å². The summed E-state index contributed by atoms with van der Waals surface area (Å²) < 4.78 is 65.8. The van der Waals surface area contributed by atoms with Crippen LogP contribution >= 0.6 is 0 Å². The Morgan fingerprint density at radius 3 is 1.84 bits per heavy atom. The van der Waals surface area contributed by atoms with Gasteiger partial charge in [-0.1, -0.05) is 38.3 Å². The number of alkyl halides is 3. The summed E-state index contributed by atoms with van der Waals surface area (Å²) in [6.45, 7) is 2.21. The summed E-state index contributed by atoms with van der Waals surface area (Å²) in [4.78, 5) is 0. The lowest BCUT2D eigenvalue weighted by molar-refractivity contribution is -0.142. The van der Waals surface area contributed by atoms with E-state index in [1.807, 2.05) is 0 Å². The molecule has 180 valence electrons. The van der Waals surface area contributed by atoms with E-state index in [0.717, 1.165) is 49.1 Å².